The average molecular weight is 313 g/mol. The molecule has 0 aliphatic carbocycles. The van der Waals surface area contributed by atoms with Crippen LogP contribution in [0.5, 0.6) is 0 Å². The van der Waals surface area contributed by atoms with E-state index >= 15 is 0 Å². The number of aryl methyl sites for hydroxylation is 3. The molecule has 2 heterocycles. The van der Waals surface area contributed by atoms with Crippen molar-refractivity contribution >= 4 is 10.9 Å². The molecule has 4 aromatic rings. The summed E-state index contributed by atoms with van der Waals surface area (Å²) in [5.74, 6) is 1.98. The van der Waals surface area contributed by atoms with Crippen LogP contribution in [0, 0.1) is 6.92 Å². The van der Waals surface area contributed by atoms with Gasteiger partial charge in [-0.25, -0.2) is 0 Å². The molecule has 24 heavy (non-hydrogen) atoms. The Kier molecular flexibility index (Phi) is 3.87. The van der Waals surface area contributed by atoms with Gasteiger partial charge >= 0.3 is 0 Å². The minimum atomic E-state index is 0.889. The predicted molar refractivity (Wildman–Crippen MR) is 98.0 cm³/mol. The third kappa shape index (κ3) is 2.95. The van der Waals surface area contributed by atoms with Crippen LogP contribution in [-0.4, -0.2) is 4.98 Å². The van der Waals surface area contributed by atoms with Crippen molar-refractivity contribution in [1.29, 1.82) is 0 Å². The van der Waals surface area contributed by atoms with Crippen LogP contribution in [0.1, 0.15) is 17.1 Å². The van der Waals surface area contributed by atoms with Crippen LogP contribution in [0.25, 0.3) is 22.0 Å². The Bertz CT molecular complexity index is 970. The van der Waals surface area contributed by atoms with Crippen LogP contribution in [0.15, 0.2) is 77.3 Å². The summed E-state index contributed by atoms with van der Waals surface area (Å²) in [6, 6.07) is 23.0. The van der Waals surface area contributed by atoms with Crippen LogP contribution in [0.3, 0.4) is 0 Å². The number of furan rings is 1. The molecule has 0 spiro atoms. The van der Waals surface area contributed by atoms with Crippen molar-refractivity contribution in [3.63, 3.8) is 0 Å². The second-order valence-corrected chi connectivity index (χ2v) is 6.10. The van der Waals surface area contributed by atoms with E-state index in [0.29, 0.717) is 0 Å². The van der Waals surface area contributed by atoms with Crippen molar-refractivity contribution < 1.29 is 4.42 Å². The van der Waals surface area contributed by atoms with E-state index in [1.807, 2.05) is 37.4 Å². The van der Waals surface area contributed by atoms with E-state index in [1.54, 1.807) is 0 Å². The zero-order chi connectivity index (χ0) is 16.4. The first kappa shape index (κ1) is 14.7. The minimum Gasteiger partial charge on any atom is -0.466 e. The van der Waals surface area contributed by atoms with E-state index in [9.17, 15) is 0 Å². The first-order valence-electron chi connectivity index (χ1n) is 8.28. The second kappa shape index (κ2) is 6.32. The quantitative estimate of drug-likeness (QED) is 0.491. The molecule has 2 nitrogen and oxygen atoms in total. The van der Waals surface area contributed by atoms with Gasteiger partial charge in [-0.05, 0) is 37.1 Å². The lowest BCUT2D eigenvalue weighted by Crippen LogP contribution is -1.92. The lowest BCUT2D eigenvalue weighted by atomic mass is 10.0. The highest BCUT2D eigenvalue weighted by molar-refractivity contribution is 5.83. The van der Waals surface area contributed by atoms with Gasteiger partial charge in [0.05, 0.1) is 5.52 Å². The van der Waals surface area contributed by atoms with Crippen LogP contribution >= 0.6 is 0 Å². The molecule has 2 heteroatoms. The Morgan fingerprint density at radius 1 is 0.875 bits per heavy atom. The summed E-state index contributed by atoms with van der Waals surface area (Å²) in [5.41, 5.74) is 4.62. The smallest absolute Gasteiger partial charge is 0.112 e. The van der Waals surface area contributed by atoms with Crippen LogP contribution in [0.2, 0.25) is 0 Å². The Labute approximate surface area is 141 Å². The monoisotopic (exact) mass is 313 g/mol. The van der Waals surface area contributed by atoms with Crippen molar-refractivity contribution in [2.75, 3.05) is 0 Å². The van der Waals surface area contributed by atoms with Gasteiger partial charge in [-0.1, -0.05) is 48.5 Å². The van der Waals surface area contributed by atoms with E-state index < -0.39 is 0 Å². The first-order valence-corrected chi connectivity index (χ1v) is 8.28. The zero-order valence-corrected chi connectivity index (χ0v) is 13.7. The van der Waals surface area contributed by atoms with Gasteiger partial charge in [-0.2, -0.15) is 0 Å². The molecule has 118 valence electrons. The van der Waals surface area contributed by atoms with E-state index in [4.69, 9.17) is 4.42 Å². The SMILES string of the molecule is Cc1cc(-c2cnc3ccccc3c2)c(CCc2ccccc2)o1. The number of nitrogens with zero attached hydrogens (tertiary/aromatic N) is 1. The van der Waals surface area contributed by atoms with Crippen molar-refractivity contribution in [1.82, 2.24) is 4.98 Å². The second-order valence-electron chi connectivity index (χ2n) is 6.10. The largest absolute Gasteiger partial charge is 0.466 e. The number of hydrogen-bond acceptors (Lipinski definition) is 2. The summed E-state index contributed by atoms with van der Waals surface area (Å²) in [5, 5.41) is 1.16. The summed E-state index contributed by atoms with van der Waals surface area (Å²) in [7, 11) is 0. The van der Waals surface area contributed by atoms with Gasteiger partial charge in [0.25, 0.3) is 0 Å². The van der Waals surface area contributed by atoms with Crippen molar-refractivity contribution in [2.45, 2.75) is 19.8 Å². The van der Waals surface area contributed by atoms with Crippen molar-refractivity contribution in [2.24, 2.45) is 0 Å². The molecular weight excluding hydrogens is 294 g/mol. The average Bonchev–Trinajstić information content (AvgIpc) is 3.01. The highest BCUT2D eigenvalue weighted by atomic mass is 16.3. The molecule has 0 bridgehead atoms. The molecule has 4 rings (SSSR count). The summed E-state index contributed by atoms with van der Waals surface area (Å²) < 4.78 is 5.98. The Balaban J connectivity index is 1.67. The maximum absolute atomic E-state index is 5.98. The number of fused-ring (bicyclic) bond motifs is 1. The number of benzene rings is 2. The predicted octanol–water partition coefficient (Wildman–Crippen LogP) is 5.59. The van der Waals surface area contributed by atoms with Crippen LogP contribution in [0.4, 0.5) is 0 Å². The fraction of sp³-hybridized carbons (Fsp3) is 0.136. The van der Waals surface area contributed by atoms with E-state index in [-0.39, 0.29) is 0 Å². The maximum Gasteiger partial charge on any atom is 0.112 e. The fourth-order valence-electron chi connectivity index (χ4n) is 3.11. The van der Waals surface area contributed by atoms with Crippen LogP contribution in [-0.2, 0) is 12.8 Å². The molecule has 0 N–H and O–H groups in total. The van der Waals surface area contributed by atoms with Gasteiger partial charge < -0.3 is 4.42 Å². The summed E-state index contributed by atoms with van der Waals surface area (Å²) in [6.07, 6.45) is 3.81. The molecule has 0 aliphatic rings. The molecule has 0 unspecified atom stereocenters. The highest BCUT2D eigenvalue weighted by Crippen LogP contribution is 2.29. The molecule has 0 amide bonds. The molecule has 0 aliphatic heterocycles. The normalized spacial score (nSPS) is 11.0. The minimum absolute atomic E-state index is 0.889. The summed E-state index contributed by atoms with van der Waals surface area (Å²) in [6.45, 7) is 2.00. The number of rotatable bonds is 4. The third-order valence-corrected chi connectivity index (χ3v) is 4.32. The lowest BCUT2D eigenvalue weighted by Gasteiger charge is -2.05. The fourth-order valence-corrected chi connectivity index (χ4v) is 3.11. The third-order valence-electron chi connectivity index (χ3n) is 4.32. The summed E-state index contributed by atoms with van der Waals surface area (Å²) >= 11 is 0. The summed E-state index contributed by atoms with van der Waals surface area (Å²) in [4.78, 5) is 4.58. The van der Waals surface area contributed by atoms with Gasteiger partial charge in [0.1, 0.15) is 11.5 Å². The molecule has 2 aromatic carbocycles. The Morgan fingerprint density at radius 2 is 1.67 bits per heavy atom. The van der Waals surface area contributed by atoms with Gasteiger partial charge in [0, 0.05) is 29.1 Å². The molecule has 0 saturated heterocycles. The number of hydrogen-bond donors (Lipinski definition) is 0. The van der Waals surface area contributed by atoms with E-state index in [0.717, 1.165) is 46.4 Å². The molecule has 0 fully saturated rings. The number of para-hydroxylation sites is 1. The Morgan fingerprint density at radius 3 is 2.54 bits per heavy atom. The number of pyridine rings is 1. The maximum atomic E-state index is 5.98. The van der Waals surface area contributed by atoms with Gasteiger partial charge in [-0.15, -0.1) is 0 Å². The van der Waals surface area contributed by atoms with Crippen molar-refractivity contribution in [3.8, 4) is 11.1 Å². The first-order chi connectivity index (χ1) is 11.8. The van der Waals surface area contributed by atoms with Crippen LogP contribution < -0.4 is 0 Å². The molecular formula is C22H19NO. The number of aromatic nitrogens is 1. The zero-order valence-electron chi connectivity index (χ0n) is 13.7. The van der Waals surface area contributed by atoms with Crippen molar-refractivity contribution in [3.05, 3.63) is 90.0 Å². The Hall–Kier alpha value is -2.87. The molecule has 0 saturated carbocycles. The standard InChI is InChI=1S/C22H19NO/c1-16-13-20(19-14-18-9-5-6-10-21(18)23-15-19)22(24-16)12-11-17-7-3-2-4-8-17/h2-10,13-15H,11-12H2,1H3. The van der Waals surface area contributed by atoms with Gasteiger partial charge in [-0.3, -0.25) is 4.98 Å². The topological polar surface area (TPSA) is 26.0 Å². The van der Waals surface area contributed by atoms with Gasteiger partial charge in [0.2, 0.25) is 0 Å². The molecule has 0 radical (unpaired) electrons. The van der Waals surface area contributed by atoms with Gasteiger partial charge in [0.15, 0.2) is 0 Å². The molecule has 2 aromatic heterocycles. The van der Waals surface area contributed by atoms with E-state index in [2.05, 4.69) is 47.4 Å². The van der Waals surface area contributed by atoms with E-state index in [1.165, 1.54) is 5.56 Å². The molecule has 0 atom stereocenters. The highest BCUT2D eigenvalue weighted by Gasteiger charge is 2.12. The lowest BCUT2D eigenvalue weighted by molar-refractivity contribution is 0.483.